The number of hydrogen-bond acceptors (Lipinski definition) is 2. The molecule has 0 spiro atoms. The van der Waals surface area contributed by atoms with Gasteiger partial charge in [-0.05, 0) is 13.8 Å². The van der Waals surface area contributed by atoms with Crippen molar-refractivity contribution in [3.05, 3.63) is 0 Å². The fourth-order valence-electron chi connectivity index (χ4n) is 1.65. The highest BCUT2D eigenvalue weighted by molar-refractivity contribution is 5.85. The lowest BCUT2D eigenvalue weighted by Gasteiger charge is -2.22. The highest BCUT2D eigenvalue weighted by Crippen LogP contribution is 2.25. The third-order valence-electron chi connectivity index (χ3n) is 2.48. The normalized spacial score (nSPS) is 23.3. The van der Waals surface area contributed by atoms with E-state index >= 15 is 0 Å². The van der Waals surface area contributed by atoms with Gasteiger partial charge >= 0.3 is 0 Å². The summed E-state index contributed by atoms with van der Waals surface area (Å²) in [5.41, 5.74) is 0. The zero-order chi connectivity index (χ0) is 10.8. The maximum Gasteiger partial charge on any atom is 0.262 e. The summed E-state index contributed by atoms with van der Waals surface area (Å²) in [5.74, 6) is -2.94. The van der Waals surface area contributed by atoms with Gasteiger partial charge in [0.05, 0.1) is 12.6 Å². The lowest BCUT2D eigenvalue weighted by molar-refractivity contribution is -0.133. The summed E-state index contributed by atoms with van der Waals surface area (Å²) in [5, 5.41) is 2.55. The molecule has 3 nitrogen and oxygen atoms in total. The minimum Gasteiger partial charge on any atom is -0.342 e. The predicted octanol–water partition coefficient (Wildman–Crippen LogP) is 1.27. The number of carbonyl (C=O) groups is 1. The topological polar surface area (TPSA) is 32.3 Å². The second-order valence-corrected chi connectivity index (χ2v) is 3.50. The molecule has 1 amide bonds. The molecule has 0 aromatic heterocycles. The molecule has 1 heterocycles. The van der Waals surface area contributed by atoms with Gasteiger partial charge in [0, 0.05) is 19.5 Å². The van der Waals surface area contributed by atoms with Crippen molar-refractivity contribution in [2.75, 3.05) is 19.6 Å². The highest BCUT2D eigenvalue weighted by atomic mass is 35.5. The molecule has 1 fully saturated rings. The number of rotatable bonds is 3. The van der Waals surface area contributed by atoms with E-state index in [1.54, 1.807) is 4.90 Å². The van der Waals surface area contributed by atoms with Crippen LogP contribution in [0.1, 0.15) is 20.3 Å². The molecule has 1 aliphatic heterocycles. The second-order valence-electron chi connectivity index (χ2n) is 3.50. The van der Waals surface area contributed by atoms with Gasteiger partial charge in [0.2, 0.25) is 5.91 Å². The fraction of sp³-hybridized carbons (Fsp3) is 0.889. The standard InChI is InChI=1S/C9H16F2N2O.ClH/c1-3-13(4-2)8(14)7-5-9(10,11)6-12-7;/h7,12H,3-6H2,1-2H3;1H. The third kappa shape index (κ3) is 3.57. The molecule has 1 atom stereocenters. The Kier molecular flexibility index (Phi) is 5.45. The summed E-state index contributed by atoms with van der Waals surface area (Å²) < 4.78 is 25.6. The van der Waals surface area contributed by atoms with E-state index in [2.05, 4.69) is 5.32 Å². The van der Waals surface area contributed by atoms with Crippen LogP contribution in [0.2, 0.25) is 0 Å². The van der Waals surface area contributed by atoms with Crippen LogP contribution >= 0.6 is 12.4 Å². The van der Waals surface area contributed by atoms with Gasteiger partial charge in [-0.15, -0.1) is 12.4 Å². The molecule has 90 valence electrons. The number of nitrogens with one attached hydrogen (secondary N) is 1. The van der Waals surface area contributed by atoms with Crippen LogP contribution in [-0.4, -0.2) is 42.4 Å². The molecule has 1 rings (SSSR count). The number of likely N-dealkylation sites (N-methyl/N-ethyl adjacent to an activating group) is 1. The molecule has 0 bridgehead atoms. The number of halogens is 3. The van der Waals surface area contributed by atoms with E-state index in [-0.39, 0.29) is 31.3 Å². The molecule has 15 heavy (non-hydrogen) atoms. The van der Waals surface area contributed by atoms with Crippen LogP contribution < -0.4 is 5.32 Å². The van der Waals surface area contributed by atoms with Crippen molar-refractivity contribution in [2.24, 2.45) is 0 Å². The largest absolute Gasteiger partial charge is 0.342 e. The van der Waals surface area contributed by atoms with Gasteiger partial charge in [-0.2, -0.15) is 0 Å². The zero-order valence-corrected chi connectivity index (χ0v) is 9.74. The number of amides is 1. The molecule has 0 aromatic rings. The van der Waals surface area contributed by atoms with Crippen molar-refractivity contribution in [3.8, 4) is 0 Å². The van der Waals surface area contributed by atoms with Gasteiger partial charge in [0.1, 0.15) is 0 Å². The Balaban J connectivity index is 0.00000196. The van der Waals surface area contributed by atoms with E-state index in [0.29, 0.717) is 13.1 Å². The fourth-order valence-corrected chi connectivity index (χ4v) is 1.65. The van der Waals surface area contributed by atoms with Crippen LogP contribution in [0.25, 0.3) is 0 Å². The molecule has 1 N–H and O–H groups in total. The number of hydrogen-bond donors (Lipinski definition) is 1. The van der Waals surface area contributed by atoms with Gasteiger partial charge in [-0.25, -0.2) is 8.78 Å². The number of nitrogens with zero attached hydrogens (tertiary/aromatic N) is 1. The van der Waals surface area contributed by atoms with Crippen molar-refractivity contribution >= 4 is 18.3 Å². The quantitative estimate of drug-likeness (QED) is 0.809. The summed E-state index contributed by atoms with van der Waals surface area (Å²) in [6, 6.07) is -0.704. The minimum atomic E-state index is -2.73. The number of carbonyl (C=O) groups excluding carboxylic acids is 1. The van der Waals surface area contributed by atoms with Crippen LogP contribution in [-0.2, 0) is 4.79 Å². The molecular weight excluding hydrogens is 226 g/mol. The van der Waals surface area contributed by atoms with Gasteiger partial charge in [0.15, 0.2) is 0 Å². The first kappa shape index (κ1) is 14.6. The first-order valence-corrected chi connectivity index (χ1v) is 4.90. The summed E-state index contributed by atoms with van der Waals surface area (Å²) in [7, 11) is 0. The molecule has 6 heteroatoms. The molecule has 1 aliphatic rings. The third-order valence-corrected chi connectivity index (χ3v) is 2.48. The van der Waals surface area contributed by atoms with Gasteiger partial charge in [-0.3, -0.25) is 10.1 Å². The second kappa shape index (κ2) is 5.61. The van der Waals surface area contributed by atoms with Crippen molar-refractivity contribution < 1.29 is 13.6 Å². The lowest BCUT2D eigenvalue weighted by atomic mass is 10.1. The first-order chi connectivity index (χ1) is 6.50. The summed E-state index contributed by atoms with van der Waals surface area (Å²) >= 11 is 0. The monoisotopic (exact) mass is 242 g/mol. The van der Waals surface area contributed by atoms with E-state index in [0.717, 1.165) is 0 Å². The maximum atomic E-state index is 12.8. The molecule has 1 saturated heterocycles. The van der Waals surface area contributed by atoms with Crippen LogP contribution in [0.4, 0.5) is 8.78 Å². The summed E-state index contributed by atoms with van der Waals surface area (Å²) in [4.78, 5) is 13.2. The van der Waals surface area contributed by atoms with Crippen molar-refractivity contribution in [1.29, 1.82) is 0 Å². The Labute approximate surface area is 94.6 Å². The Morgan fingerprint density at radius 1 is 1.47 bits per heavy atom. The average Bonchev–Trinajstić information content (AvgIpc) is 2.48. The SMILES string of the molecule is CCN(CC)C(=O)C1CC(F)(F)CN1.Cl. The molecular formula is C9H17ClF2N2O. The van der Waals surface area contributed by atoms with Gasteiger partial charge in [0.25, 0.3) is 5.92 Å². The van der Waals surface area contributed by atoms with Crippen LogP contribution in [0.15, 0.2) is 0 Å². The Morgan fingerprint density at radius 2 is 2.00 bits per heavy atom. The number of alkyl halides is 2. The van der Waals surface area contributed by atoms with Crippen LogP contribution in [0, 0.1) is 0 Å². The Hall–Kier alpha value is -0.420. The molecule has 0 saturated carbocycles. The van der Waals surface area contributed by atoms with Crippen LogP contribution in [0.5, 0.6) is 0 Å². The first-order valence-electron chi connectivity index (χ1n) is 4.90. The van der Waals surface area contributed by atoms with E-state index in [1.807, 2.05) is 13.8 Å². The Bertz CT molecular complexity index is 222. The highest BCUT2D eigenvalue weighted by Gasteiger charge is 2.43. The van der Waals surface area contributed by atoms with Crippen molar-refractivity contribution in [2.45, 2.75) is 32.2 Å². The van der Waals surface area contributed by atoms with Gasteiger partial charge in [-0.1, -0.05) is 0 Å². The smallest absolute Gasteiger partial charge is 0.262 e. The van der Waals surface area contributed by atoms with E-state index in [1.165, 1.54) is 0 Å². The summed E-state index contributed by atoms with van der Waals surface area (Å²) in [6.07, 6.45) is -0.373. The van der Waals surface area contributed by atoms with E-state index in [9.17, 15) is 13.6 Å². The Morgan fingerprint density at radius 3 is 2.33 bits per heavy atom. The molecule has 0 aliphatic carbocycles. The maximum absolute atomic E-state index is 12.8. The van der Waals surface area contributed by atoms with E-state index in [4.69, 9.17) is 0 Å². The van der Waals surface area contributed by atoms with E-state index < -0.39 is 12.0 Å². The predicted molar refractivity (Wildman–Crippen MR) is 56.5 cm³/mol. The molecule has 0 aromatic carbocycles. The minimum absolute atomic E-state index is 0. The van der Waals surface area contributed by atoms with Gasteiger partial charge < -0.3 is 4.90 Å². The zero-order valence-electron chi connectivity index (χ0n) is 8.93. The van der Waals surface area contributed by atoms with Crippen molar-refractivity contribution in [1.82, 2.24) is 10.2 Å². The van der Waals surface area contributed by atoms with Crippen LogP contribution in [0.3, 0.4) is 0 Å². The summed E-state index contributed by atoms with van der Waals surface area (Å²) in [6.45, 7) is 4.44. The lowest BCUT2D eigenvalue weighted by Crippen LogP contribution is -2.43. The average molecular weight is 243 g/mol. The molecule has 0 radical (unpaired) electrons. The molecule has 1 unspecified atom stereocenters. The van der Waals surface area contributed by atoms with Crippen molar-refractivity contribution in [3.63, 3.8) is 0 Å².